The number of aromatic nitrogens is 1. The van der Waals surface area contributed by atoms with Crippen LogP contribution in [0.5, 0.6) is 5.75 Å². The van der Waals surface area contributed by atoms with Crippen molar-refractivity contribution in [3.05, 3.63) is 64.4 Å². The molecule has 1 aliphatic heterocycles. The lowest BCUT2D eigenvalue weighted by Gasteiger charge is -2.19. The minimum absolute atomic E-state index is 0.176. The first-order chi connectivity index (χ1) is 13.9. The maximum atomic E-state index is 14.5. The van der Waals surface area contributed by atoms with Gasteiger partial charge in [-0.15, -0.1) is 11.3 Å². The Morgan fingerprint density at radius 3 is 2.86 bits per heavy atom. The van der Waals surface area contributed by atoms with Gasteiger partial charge in [-0.2, -0.15) is 0 Å². The zero-order chi connectivity index (χ0) is 20.4. The third-order valence-corrected chi connectivity index (χ3v) is 6.35. The number of aryl methyl sites for hydroxylation is 1. The van der Waals surface area contributed by atoms with Crippen molar-refractivity contribution in [1.82, 2.24) is 4.98 Å². The Hall–Kier alpha value is -2.98. The van der Waals surface area contributed by atoms with Crippen LogP contribution in [0.15, 0.2) is 52.2 Å². The van der Waals surface area contributed by atoms with Gasteiger partial charge in [0.15, 0.2) is 0 Å². The van der Waals surface area contributed by atoms with Gasteiger partial charge in [-0.3, -0.25) is 9.52 Å². The summed E-state index contributed by atoms with van der Waals surface area (Å²) in [7, 11) is -4.22. The van der Waals surface area contributed by atoms with Gasteiger partial charge in [0, 0.05) is 17.5 Å². The topological polar surface area (TPSA) is 97.4 Å². The number of nitrogens with one attached hydrogen (secondary N) is 2. The number of fused-ring (bicyclic) bond motifs is 1. The number of hydrogen-bond acceptors (Lipinski definition) is 6. The molecule has 0 radical (unpaired) electrons. The summed E-state index contributed by atoms with van der Waals surface area (Å²) >= 11 is 1.43. The largest absolute Gasteiger partial charge is 0.485 e. The molecule has 1 amide bonds. The highest BCUT2D eigenvalue weighted by Crippen LogP contribution is 2.31. The maximum absolute atomic E-state index is 14.5. The van der Waals surface area contributed by atoms with Gasteiger partial charge in [0.25, 0.3) is 10.0 Å². The third kappa shape index (κ3) is 4.22. The Morgan fingerprint density at radius 2 is 2.07 bits per heavy atom. The van der Waals surface area contributed by atoms with E-state index in [0.717, 1.165) is 11.8 Å². The Kier molecular flexibility index (Phi) is 5.20. The monoisotopic (exact) mass is 433 g/mol. The second kappa shape index (κ2) is 7.80. The minimum Gasteiger partial charge on any atom is -0.485 e. The molecule has 0 aliphatic carbocycles. The second-order valence-corrected chi connectivity index (χ2v) is 8.73. The Labute approximate surface area is 170 Å². The number of para-hydroxylation sites is 2. The quantitative estimate of drug-likeness (QED) is 0.620. The van der Waals surface area contributed by atoms with Crippen LogP contribution in [-0.4, -0.2) is 19.3 Å². The molecule has 2 N–H and O–H groups in total. The Bertz CT molecular complexity index is 1160. The van der Waals surface area contributed by atoms with Gasteiger partial charge in [-0.05, 0) is 36.2 Å². The molecule has 2 heterocycles. The summed E-state index contributed by atoms with van der Waals surface area (Å²) < 4.78 is 48.3. The first kappa shape index (κ1) is 19.3. The van der Waals surface area contributed by atoms with Gasteiger partial charge < -0.3 is 10.1 Å². The number of carbonyl (C=O) groups is 1. The van der Waals surface area contributed by atoms with Gasteiger partial charge in [0.1, 0.15) is 23.1 Å². The normalized spacial score (nSPS) is 13.5. The zero-order valence-electron chi connectivity index (χ0n) is 15.0. The average Bonchev–Trinajstić information content (AvgIpc) is 3.20. The van der Waals surface area contributed by atoms with E-state index < -0.39 is 20.7 Å². The number of carbonyl (C=O) groups excluding carboxylic acids is 1. The van der Waals surface area contributed by atoms with E-state index in [9.17, 15) is 17.6 Å². The first-order valence-corrected chi connectivity index (χ1v) is 11.1. The van der Waals surface area contributed by atoms with Crippen molar-refractivity contribution < 1.29 is 22.3 Å². The van der Waals surface area contributed by atoms with Crippen molar-refractivity contribution in [2.75, 3.05) is 10.0 Å². The predicted octanol–water partition coefficient (Wildman–Crippen LogP) is 3.55. The highest BCUT2D eigenvalue weighted by molar-refractivity contribution is 7.92. The molecule has 7 nitrogen and oxygen atoms in total. The molecule has 0 atom stereocenters. The summed E-state index contributed by atoms with van der Waals surface area (Å²) in [6.07, 6.45) is 0.566. The number of sulfonamides is 1. The van der Waals surface area contributed by atoms with Crippen molar-refractivity contribution in [1.29, 1.82) is 0 Å². The van der Waals surface area contributed by atoms with Crippen molar-refractivity contribution in [2.24, 2.45) is 0 Å². The van der Waals surface area contributed by atoms with Gasteiger partial charge in [0.05, 0.1) is 16.9 Å². The lowest BCUT2D eigenvalue weighted by Crippen LogP contribution is -2.21. The molecule has 0 bridgehead atoms. The smallest absolute Gasteiger partial charge is 0.264 e. The highest BCUT2D eigenvalue weighted by atomic mass is 32.2. The van der Waals surface area contributed by atoms with E-state index in [1.54, 1.807) is 23.7 Å². The van der Waals surface area contributed by atoms with Gasteiger partial charge in [0.2, 0.25) is 5.91 Å². The van der Waals surface area contributed by atoms with Crippen LogP contribution in [0, 0.1) is 5.82 Å². The van der Waals surface area contributed by atoms with Crippen LogP contribution >= 0.6 is 11.3 Å². The molecule has 0 unspecified atom stereocenters. The van der Waals surface area contributed by atoms with Crippen molar-refractivity contribution in [3.63, 3.8) is 0 Å². The van der Waals surface area contributed by atoms with Crippen LogP contribution in [0.25, 0.3) is 0 Å². The molecule has 3 aromatic rings. The number of nitrogens with zero attached hydrogens (tertiary/aromatic N) is 1. The van der Waals surface area contributed by atoms with E-state index in [2.05, 4.69) is 15.0 Å². The molecule has 1 aliphatic rings. The number of benzene rings is 2. The van der Waals surface area contributed by atoms with E-state index in [4.69, 9.17) is 4.74 Å². The molecular formula is C19H16FN3O4S2. The number of anilines is 2. The van der Waals surface area contributed by atoms with Crippen LogP contribution in [0.3, 0.4) is 0 Å². The summed E-state index contributed by atoms with van der Waals surface area (Å²) in [6, 6.07) is 8.78. The number of ether oxygens (including phenoxy) is 1. The Balaban J connectivity index is 1.60. The molecule has 0 fully saturated rings. The fourth-order valence-corrected chi connectivity index (χ4v) is 4.65. The lowest BCUT2D eigenvalue weighted by atomic mass is 10.0. The van der Waals surface area contributed by atoms with Crippen molar-refractivity contribution in [2.45, 2.75) is 24.3 Å². The van der Waals surface area contributed by atoms with E-state index in [1.807, 2.05) is 5.38 Å². The molecule has 4 rings (SSSR count). The summed E-state index contributed by atoms with van der Waals surface area (Å²) in [5, 5.41) is 4.38. The second-order valence-electron chi connectivity index (χ2n) is 6.36. The summed E-state index contributed by atoms with van der Waals surface area (Å²) in [5.41, 5.74) is 3.45. The van der Waals surface area contributed by atoms with E-state index in [1.165, 1.54) is 23.5 Å². The van der Waals surface area contributed by atoms with E-state index in [0.29, 0.717) is 23.4 Å². The molecule has 2 aromatic carbocycles. The molecule has 1 aromatic heterocycles. The summed E-state index contributed by atoms with van der Waals surface area (Å²) in [4.78, 5) is 15.1. The predicted molar refractivity (Wildman–Crippen MR) is 107 cm³/mol. The van der Waals surface area contributed by atoms with Crippen LogP contribution < -0.4 is 14.8 Å². The van der Waals surface area contributed by atoms with Crippen LogP contribution in [0.4, 0.5) is 15.8 Å². The van der Waals surface area contributed by atoms with Gasteiger partial charge in [-0.1, -0.05) is 12.1 Å². The summed E-state index contributed by atoms with van der Waals surface area (Å²) in [5.74, 6) is -0.870. The highest BCUT2D eigenvalue weighted by Gasteiger charge is 2.25. The third-order valence-electron chi connectivity index (χ3n) is 4.33. The fraction of sp³-hybridized carbons (Fsp3) is 0.158. The minimum atomic E-state index is -4.22. The van der Waals surface area contributed by atoms with Crippen molar-refractivity contribution >= 4 is 38.6 Å². The Morgan fingerprint density at radius 1 is 1.24 bits per heavy atom. The maximum Gasteiger partial charge on any atom is 0.264 e. The molecule has 29 heavy (non-hydrogen) atoms. The SMILES string of the molecule is O=C1CCc2cc(S(=O)(=O)Nc3ccccc3OCc3cscn3)c(F)cc2N1. The average molecular weight is 433 g/mol. The number of amides is 1. The fourth-order valence-electron chi connectivity index (χ4n) is 2.92. The van der Waals surface area contributed by atoms with Crippen LogP contribution in [-0.2, 0) is 27.8 Å². The molecule has 0 saturated heterocycles. The van der Waals surface area contributed by atoms with Gasteiger partial charge in [-0.25, -0.2) is 17.8 Å². The van der Waals surface area contributed by atoms with Crippen LogP contribution in [0.1, 0.15) is 17.7 Å². The molecule has 150 valence electrons. The zero-order valence-corrected chi connectivity index (χ0v) is 16.6. The number of thiazole rings is 1. The number of hydrogen-bond donors (Lipinski definition) is 2. The molecule has 10 heteroatoms. The van der Waals surface area contributed by atoms with E-state index >= 15 is 0 Å². The number of rotatable bonds is 6. The lowest BCUT2D eigenvalue weighted by molar-refractivity contribution is -0.116. The molecular weight excluding hydrogens is 417 g/mol. The standard InChI is InChI=1S/C19H16FN3O4S2/c20-14-8-16-12(5-6-19(24)22-16)7-18(14)29(25,26)23-15-3-1-2-4-17(15)27-9-13-10-28-11-21-13/h1-4,7-8,10-11,23H,5-6,9H2,(H,22,24). The van der Waals surface area contributed by atoms with Crippen molar-refractivity contribution in [3.8, 4) is 5.75 Å². The first-order valence-electron chi connectivity index (χ1n) is 8.66. The molecule has 0 spiro atoms. The van der Waals surface area contributed by atoms with Gasteiger partial charge >= 0.3 is 0 Å². The summed E-state index contributed by atoms with van der Waals surface area (Å²) in [6.45, 7) is 0.176. The molecule has 0 saturated carbocycles. The van der Waals surface area contributed by atoms with E-state index in [-0.39, 0.29) is 24.6 Å². The number of halogens is 1. The van der Waals surface area contributed by atoms with Crippen LogP contribution in [0.2, 0.25) is 0 Å².